The Balaban J connectivity index is 2.44. The van der Waals surface area contributed by atoms with Gasteiger partial charge in [-0.15, -0.1) is 0 Å². The highest BCUT2D eigenvalue weighted by molar-refractivity contribution is 5.77. The molecule has 2 atom stereocenters. The fourth-order valence-corrected chi connectivity index (χ4v) is 2.28. The van der Waals surface area contributed by atoms with Gasteiger partial charge in [0.15, 0.2) is 0 Å². The molecule has 0 spiro atoms. The van der Waals surface area contributed by atoms with Crippen LogP contribution in [0.1, 0.15) is 26.2 Å². The number of hydrogen-bond acceptors (Lipinski definition) is 3. The quantitative estimate of drug-likeness (QED) is 0.729. The van der Waals surface area contributed by atoms with Gasteiger partial charge in [-0.25, -0.2) is 0 Å². The van der Waals surface area contributed by atoms with Gasteiger partial charge in [0.1, 0.15) is 6.61 Å². The second-order valence-electron chi connectivity index (χ2n) is 4.14. The van der Waals surface area contributed by atoms with E-state index >= 15 is 0 Å². The van der Waals surface area contributed by atoms with E-state index in [1.165, 1.54) is 6.42 Å². The monoisotopic (exact) mass is 214 g/mol. The molecule has 4 nitrogen and oxygen atoms in total. The zero-order valence-electron chi connectivity index (χ0n) is 9.74. The van der Waals surface area contributed by atoms with Crippen molar-refractivity contribution in [3.63, 3.8) is 0 Å². The Bertz CT molecular complexity index is 209. The van der Waals surface area contributed by atoms with Crippen LogP contribution >= 0.6 is 0 Å². The fraction of sp³-hybridized carbons (Fsp3) is 0.909. The molecule has 1 rings (SSSR count). The van der Waals surface area contributed by atoms with Crippen LogP contribution in [0.4, 0.5) is 0 Å². The second-order valence-corrected chi connectivity index (χ2v) is 4.14. The molecule has 2 N–H and O–H groups in total. The lowest BCUT2D eigenvalue weighted by molar-refractivity contribution is -0.137. The van der Waals surface area contributed by atoms with E-state index in [4.69, 9.17) is 10.5 Å². The first-order chi connectivity index (χ1) is 7.20. The number of carbonyl (C=O) groups excluding carboxylic acids is 1. The van der Waals surface area contributed by atoms with Crippen LogP contribution in [0, 0.1) is 5.92 Å². The molecule has 0 bridgehead atoms. The van der Waals surface area contributed by atoms with Crippen LogP contribution in [0.2, 0.25) is 0 Å². The number of amides is 1. The molecule has 0 aromatic rings. The van der Waals surface area contributed by atoms with E-state index in [-0.39, 0.29) is 12.5 Å². The van der Waals surface area contributed by atoms with E-state index in [1.807, 2.05) is 18.9 Å². The highest BCUT2D eigenvalue weighted by atomic mass is 16.5. The molecule has 0 heterocycles. The molecule has 1 aliphatic carbocycles. The highest BCUT2D eigenvalue weighted by Gasteiger charge is 2.31. The van der Waals surface area contributed by atoms with Gasteiger partial charge in [0.05, 0.1) is 0 Å². The number of ether oxygens (including phenoxy) is 1. The van der Waals surface area contributed by atoms with Crippen molar-refractivity contribution in [2.24, 2.45) is 11.7 Å². The Morgan fingerprint density at radius 3 is 2.87 bits per heavy atom. The first kappa shape index (κ1) is 12.5. The third kappa shape index (κ3) is 3.18. The summed E-state index contributed by atoms with van der Waals surface area (Å²) < 4.78 is 5.12. The van der Waals surface area contributed by atoms with E-state index < -0.39 is 0 Å². The number of rotatable bonds is 5. The first-order valence-corrected chi connectivity index (χ1v) is 5.74. The predicted molar refractivity (Wildman–Crippen MR) is 59.4 cm³/mol. The largest absolute Gasteiger partial charge is 0.372 e. The molecule has 0 radical (unpaired) electrons. The van der Waals surface area contributed by atoms with Gasteiger partial charge in [-0.3, -0.25) is 4.79 Å². The number of hydrogen-bond donors (Lipinski definition) is 1. The zero-order valence-corrected chi connectivity index (χ0v) is 9.74. The third-order valence-electron chi connectivity index (χ3n) is 3.24. The topological polar surface area (TPSA) is 55.6 Å². The van der Waals surface area contributed by atoms with Crippen molar-refractivity contribution >= 4 is 5.91 Å². The van der Waals surface area contributed by atoms with E-state index in [9.17, 15) is 4.79 Å². The van der Waals surface area contributed by atoms with E-state index in [0.717, 1.165) is 12.8 Å². The SMILES string of the molecule is CCOCC(=O)N(C)C1CCCC1CN. The van der Waals surface area contributed by atoms with Crippen molar-refractivity contribution in [2.45, 2.75) is 32.2 Å². The Labute approximate surface area is 91.8 Å². The van der Waals surface area contributed by atoms with Crippen LogP contribution in [0.5, 0.6) is 0 Å². The van der Waals surface area contributed by atoms with Crippen LogP contribution in [-0.2, 0) is 9.53 Å². The standard InChI is InChI=1S/C11H22N2O2/c1-3-15-8-11(14)13(2)10-6-4-5-9(10)7-12/h9-10H,3-8,12H2,1-2H3. The third-order valence-corrected chi connectivity index (χ3v) is 3.24. The van der Waals surface area contributed by atoms with Crippen molar-refractivity contribution < 1.29 is 9.53 Å². The number of likely N-dealkylation sites (N-methyl/N-ethyl adjacent to an activating group) is 1. The summed E-state index contributed by atoms with van der Waals surface area (Å²) in [6.07, 6.45) is 3.41. The number of nitrogens with two attached hydrogens (primary N) is 1. The van der Waals surface area contributed by atoms with Crippen LogP contribution < -0.4 is 5.73 Å². The summed E-state index contributed by atoms with van der Waals surface area (Å²) in [6.45, 7) is 3.35. The Kier molecular flexibility index (Phi) is 5.05. The summed E-state index contributed by atoms with van der Waals surface area (Å²) in [5.41, 5.74) is 5.69. The maximum Gasteiger partial charge on any atom is 0.248 e. The minimum absolute atomic E-state index is 0.0715. The normalized spacial score (nSPS) is 25.5. The fourth-order valence-electron chi connectivity index (χ4n) is 2.28. The molecule has 15 heavy (non-hydrogen) atoms. The molecule has 88 valence electrons. The average Bonchev–Trinajstić information content (AvgIpc) is 2.72. The van der Waals surface area contributed by atoms with Gasteiger partial charge in [-0.05, 0) is 32.2 Å². The number of nitrogens with zero attached hydrogens (tertiary/aromatic N) is 1. The van der Waals surface area contributed by atoms with Crippen LogP contribution in [0.3, 0.4) is 0 Å². The van der Waals surface area contributed by atoms with Crippen molar-refractivity contribution in [3.8, 4) is 0 Å². The van der Waals surface area contributed by atoms with E-state index in [2.05, 4.69) is 0 Å². The second kappa shape index (κ2) is 6.08. The molecular formula is C11H22N2O2. The predicted octanol–water partition coefficient (Wildman–Crippen LogP) is 0.609. The van der Waals surface area contributed by atoms with Gasteiger partial charge < -0.3 is 15.4 Å². The molecular weight excluding hydrogens is 192 g/mol. The van der Waals surface area contributed by atoms with Crippen molar-refractivity contribution in [1.82, 2.24) is 4.90 Å². The summed E-state index contributed by atoms with van der Waals surface area (Å²) in [5.74, 6) is 0.544. The van der Waals surface area contributed by atoms with Crippen molar-refractivity contribution in [1.29, 1.82) is 0 Å². The van der Waals surface area contributed by atoms with Crippen molar-refractivity contribution in [2.75, 3.05) is 26.8 Å². The van der Waals surface area contributed by atoms with Gasteiger partial charge in [0.2, 0.25) is 5.91 Å². The Morgan fingerprint density at radius 2 is 2.27 bits per heavy atom. The average molecular weight is 214 g/mol. The van der Waals surface area contributed by atoms with E-state index in [0.29, 0.717) is 25.1 Å². The molecule has 2 unspecified atom stereocenters. The van der Waals surface area contributed by atoms with Crippen LogP contribution in [-0.4, -0.2) is 43.7 Å². The summed E-state index contributed by atoms with van der Waals surface area (Å²) in [4.78, 5) is 13.5. The van der Waals surface area contributed by atoms with Gasteiger partial charge in [0.25, 0.3) is 0 Å². The van der Waals surface area contributed by atoms with Gasteiger partial charge in [-0.2, -0.15) is 0 Å². The molecule has 1 saturated carbocycles. The minimum atomic E-state index is 0.0715. The molecule has 0 aromatic heterocycles. The smallest absolute Gasteiger partial charge is 0.248 e. The minimum Gasteiger partial charge on any atom is -0.372 e. The summed E-state index contributed by atoms with van der Waals surface area (Å²) in [7, 11) is 1.86. The van der Waals surface area contributed by atoms with Crippen molar-refractivity contribution in [3.05, 3.63) is 0 Å². The molecule has 1 aliphatic rings. The lowest BCUT2D eigenvalue weighted by Gasteiger charge is -2.29. The first-order valence-electron chi connectivity index (χ1n) is 5.74. The molecule has 0 saturated heterocycles. The van der Waals surface area contributed by atoms with Gasteiger partial charge in [-0.1, -0.05) is 6.42 Å². The van der Waals surface area contributed by atoms with Gasteiger partial charge >= 0.3 is 0 Å². The molecule has 1 amide bonds. The Hall–Kier alpha value is -0.610. The molecule has 1 fully saturated rings. The van der Waals surface area contributed by atoms with Crippen LogP contribution in [0.25, 0.3) is 0 Å². The molecule has 4 heteroatoms. The highest BCUT2D eigenvalue weighted by Crippen LogP contribution is 2.28. The Morgan fingerprint density at radius 1 is 1.53 bits per heavy atom. The summed E-state index contributed by atoms with van der Waals surface area (Å²) >= 11 is 0. The summed E-state index contributed by atoms with van der Waals surface area (Å²) in [6, 6.07) is 0.322. The number of carbonyl (C=O) groups is 1. The molecule has 0 aliphatic heterocycles. The summed E-state index contributed by atoms with van der Waals surface area (Å²) in [5, 5.41) is 0. The maximum absolute atomic E-state index is 11.7. The zero-order chi connectivity index (χ0) is 11.3. The van der Waals surface area contributed by atoms with Gasteiger partial charge in [0, 0.05) is 19.7 Å². The lowest BCUT2D eigenvalue weighted by atomic mass is 10.0. The lowest BCUT2D eigenvalue weighted by Crippen LogP contribution is -2.43. The van der Waals surface area contributed by atoms with Crippen LogP contribution in [0.15, 0.2) is 0 Å². The molecule has 0 aromatic carbocycles. The van der Waals surface area contributed by atoms with E-state index in [1.54, 1.807) is 0 Å². The maximum atomic E-state index is 11.7.